The maximum Gasteiger partial charge on any atom is 0.240 e. The first-order valence-corrected chi connectivity index (χ1v) is 7.43. The average Bonchev–Trinajstić information content (AvgIpc) is 3.03. The van der Waals surface area contributed by atoms with Crippen LogP contribution in [0.25, 0.3) is 0 Å². The van der Waals surface area contributed by atoms with Gasteiger partial charge in [0.25, 0.3) is 0 Å². The molecule has 21 heavy (non-hydrogen) atoms. The molecule has 3 amide bonds. The van der Waals surface area contributed by atoms with Crippen LogP contribution in [-0.2, 0) is 14.4 Å². The summed E-state index contributed by atoms with van der Waals surface area (Å²) >= 11 is 0. The summed E-state index contributed by atoms with van der Waals surface area (Å²) in [6, 6.07) is 0. The molecule has 2 N–H and O–H groups in total. The molecule has 0 saturated heterocycles. The van der Waals surface area contributed by atoms with Crippen LogP contribution >= 0.6 is 0 Å². The van der Waals surface area contributed by atoms with Crippen LogP contribution in [0.3, 0.4) is 0 Å². The van der Waals surface area contributed by atoms with Crippen LogP contribution < -0.4 is 10.6 Å². The lowest BCUT2D eigenvalue weighted by Crippen LogP contribution is -2.46. The van der Waals surface area contributed by atoms with Crippen molar-refractivity contribution in [2.75, 3.05) is 20.1 Å². The van der Waals surface area contributed by atoms with Crippen molar-refractivity contribution < 1.29 is 14.4 Å². The molecule has 1 rings (SSSR count). The number of nitrogens with zero attached hydrogens (tertiary/aromatic N) is 1. The minimum absolute atomic E-state index is 0.0310. The van der Waals surface area contributed by atoms with Crippen LogP contribution in [0.4, 0.5) is 0 Å². The van der Waals surface area contributed by atoms with Crippen molar-refractivity contribution in [2.24, 2.45) is 11.8 Å². The Morgan fingerprint density at radius 1 is 1.24 bits per heavy atom. The molecular formula is C15H27N3O3. The minimum Gasteiger partial charge on any atom is -0.355 e. The van der Waals surface area contributed by atoms with E-state index in [-0.39, 0.29) is 42.1 Å². The molecular weight excluding hydrogens is 270 g/mol. The number of amides is 3. The molecule has 1 saturated carbocycles. The summed E-state index contributed by atoms with van der Waals surface area (Å²) in [7, 11) is 1.59. The highest BCUT2D eigenvalue weighted by molar-refractivity contribution is 5.85. The Morgan fingerprint density at radius 3 is 2.29 bits per heavy atom. The zero-order valence-corrected chi connectivity index (χ0v) is 13.7. The molecule has 1 fully saturated rings. The normalized spacial score (nSPS) is 20.6. The molecule has 0 spiro atoms. The van der Waals surface area contributed by atoms with Crippen molar-refractivity contribution >= 4 is 17.7 Å². The molecule has 0 unspecified atom stereocenters. The van der Waals surface area contributed by atoms with Crippen LogP contribution in [-0.4, -0.2) is 48.3 Å². The van der Waals surface area contributed by atoms with Crippen molar-refractivity contribution in [1.82, 2.24) is 15.5 Å². The van der Waals surface area contributed by atoms with Gasteiger partial charge < -0.3 is 15.5 Å². The van der Waals surface area contributed by atoms with Gasteiger partial charge in [0.15, 0.2) is 0 Å². The summed E-state index contributed by atoms with van der Waals surface area (Å²) in [6.45, 7) is 8.07. The first-order chi connectivity index (χ1) is 9.60. The quantitative estimate of drug-likeness (QED) is 0.750. The lowest BCUT2D eigenvalue weighted by Gasteiger charge is -2.23. The highest BCUT2D eigenvalue weighted by Crippen LogP contribution is 2.37. The SMILES string of the molecule is C[C@@H]1C[C@H]1C(=O)NCCC(=O)N(C)CC(=O)NC(C)(C)C. The molecule has 1 aliphatic rings. The Bertz CT molecular complexity index is 415. The van der Waals surface area contributed by atoms with Crippen molar-refractivity contribution in [3.8, 4) is 0 Å². The lowest BCUT2D eigenvalue weighted by molar-refractivity contribution is -0.135. The van der Waals surface area contributed by atoms with Crippen molar-refractivity contribution in [1.29, 1.82) is 0 Å². The second-order valence-electron chi connectivity index (χ2n) is 6.91. The van der Waals surface area contributed by atoms with Crippen LogP contribution in [0.15, 0.2) is 0 Å². The number of carbonyl (C=O) groups is 3. The van der Waals surface area contributed by atoms with E-state index in [4.69, 9.17) is 0 Å². The van der Waals surface area contributed by atoms with Crippen molar-refractivity contribution in [3.05, 3.63) is 0 Å². The summed E-state index contributed by atoms with van der Waals surface area (Å²) in [5.74, 6) is 0.278. The maximum absolute atomic E-state index is 11.9. The fraction of sp³-hybridized carbons (Fsp3) is 0.800. The van der Waals surface area contributed by atoms with E-state index in [9.17, 15) is 14.4 Å². The Hall–Kier alpha value is -1.59. The third kappa shape index (κ3) is 6.60. The van der Waals surface area contributed by atoms with Gasteiger partial charge in [0.05, 0.1) is 6.54 Å². The molecule has 0 aliphatic heterocycles. The summed E-state index contributed by atoms with van der Waals surface area (Å²) in [6.07, 6.45) is 1.15. The smallest absolute Gasteiger partial charge is 0.240 e. The second kappa shape index (κ2) is 6.91. The van der Waals surface area contributed by atoms with Crippen molar-refractivity contribution in [3.63, 3.8) is 0 Å². The number of rotatable bonds is 6. The van der Waals surface area contributed by atoms with E-state index in [0.29, 0.717) is 12.5 Å². The number of hydrogen-bond donors (Lipinski definition) is 2. The van der Waals surface area contributed by atoms with Crippen molar-refractivity contribution in [2.45, 2.75) is 46.1 Å². The highest BCUT2D eigenvalue weighted by Gasteiger charge is 2.38. The Morgan fingerprint density at radius 2 is 1.81 bits per heavy atom. The molecule has 0 radical (unpaired) electrons. The van der Waals surface area contributed by atoms with E-state index in [1.165, 1.54) is 4.90 Å². The third-order valence-electron chi connectivity index (χ3n) is 3.41. The van der Waals surface area contributed by atoms with E-state index in [1.807, 2.05) is 27.7 Å². The highest BCUT2D eigenvalue weighted by atomic mass is 16.2. The topological polar surface area (TPSA) is 78.5 Å². The van der Waals surface area contributed by atoms with Crippen LogP contribution in [0.2, 0.25) is 0 Å². The third-order valence-corrected chi connectivity index (χ3v) is 3.41. The summed E-state index contributed by atoms with van der Waals surface area (Å²) in [5.41, 5.74) is -0.310. The van der Waals surface area contributed by atoms with Gasteiger partial charge in [-0.25, -0.2) is 0 Å². The standard InChI is InChI=1S/C15H27N3O3/c1-10-8-11(10)14(21)16-7-6-13(20)18(5)9-12(19)17-15(2,3)4/h10-11H,6-9H2,1-5H3,(H,16,21)(H,17,19)/t10-,11-/m1/s1. The first-order valence-electron chi connectivity index (χ1n) is 7.43. The Balaban J connectivity index is 2.21. The fourth-order valence-electron chi connectivity index (χ4n) is 2.06. The molecule has 0 heterocycles. The number of carbonyl (C=O) groups excluding carboxylic acids is 3. The van der Waals surface area contributed by atoms with E-state index < -0.39 is 0 Å². The minimum atomic E-state index is -0.310. The molecule has 0 aromatic heterocycles. The van der Waals surface area contributed by atoms with Crippen LogP contribution in [0.1, 0.15) is 40.5 Å². The summed E-state index contributed by atoms with van der Waals surface area (Å²) < 4.78 is 0. The van der Waals surface area contributed by atoms with Gasteiger partial charge in [-0.3, -0.25) is 14.4 Å². The monoisotopic (exact) mass is 297 g/mol. The van der Waals surface area contributed by atoms with E-state index in [0.717, 1.165) is 6.42 Å². The summed E-state index contributed by atoms with van der Waals surface area (Å²) in [5, 5.41) is 5.57. The molecule has 0 aromatic rings. The van der Waals surface area contributed by atoms with Gasteiger partial charge in [0.2, 0.25) is 17.7 Å². The number of nitrogens with one attached hydrogen (secondary N) is 2. The van der Waals surface area contributed by atoms with Gasteiger partial charge in [0.1, 0.15) is 0 Å². The lowest BCUT2D eigenvalue weighted by atomic mass is 10.1. The van der Waals surface area contributed by atoms with Gasteiger partial charge in [-0.05, 0) is 33.1 Å². The van der Waals surface area contributed by atoms with Gasteiger partial charge in [0, 0.05) is 31.5 Å². The maximum atomic E-state index is 11.9. The van der Waals surface area contributed by atoms with E-state index in [2.05, 4.69) is 10.6 Å². The molecule has 120 valence electrons. The predicted octanol–water partition coefficient (Wildman–Crippen LogP) is 0.522. The average molecular weight is 297 g/mol. The molecule has 6 nitrogen and oxygen atoms in total. The predicted molar refractivity (Wildman–Crippen MR) is 80.4 cm³/mol. The van der Waals surface area contributed by atoms with Gasteiger partial charge in [-0.15, -0.1) is 0 Å². The van der Waals surface area contributed by atoms with Crippen LogP contribution in [0, 0.1) is 11.8 Å². The Kier molecular flexibility index (Phi) is 5.75. The van der Waals surface area contributed by atoms with Gasteiger partial charge in [-0.2, -0.15) is 0 Å². The number of hydrogen-bond acceptors (Lipinski definition) is 3. The molecule has 0 aromatic carbocycles. The second-order valence-corrected chi connectivity index (χ2v) is 6.91. The molecule has 1 aliphatic carbocycles. The Labute approximate surface area is 126 Å². The van der Waals surface area contributed by atoms with E-state index >= 15 is 0 Å². The first kappa shape index (κ1) is 17.5. The van der Waals surface area contributed by atoms with Gasteiger partial charge >= 0.3 is 0 Å². The van der Waals surface area contributed by atoms with Crippen LogP contribution in [0.5, 0.6) is 0 Å². The molecule has 6 heteroatoms. The zero-order valence-electron chi connectivity index (χ0n) is 13.7. The molecule has 2 atom stereocenters. The van der Waals surface area contributed by atoms with E-state index in [1.54, 1.807) is 7.05 Å². The molecule has 0 bridgehead atoms. The number of likely N-dealkylation sites (N-methyl/N-ethyl adjacent to an activating group) is 1. The fourth-order valence-corrected chi connectivity index (χ4v) is 2.06. The zero-order chi connectivity index (χ0) is 16.2. The largest absolute Gasteiger partial charge is 0.355 e. The van der Waals surface area contributed by atoms with Gasteiger partial charge in [-0.1, -0.05) is 6.92 Å². The summed E-state index contributed by atoms with van der Waals surface area (Å²) in [4.78, 5) is 36.6.